The summed E-state index contributed by atoms with van der Waals surface area (Å²) < 4.78 is 25.6. The van der Waals surface area contributed by atoms with Gasteiger partial charge >= 0.3 is 12.1 Å². The third kappa shape index (κ3) is 4.76. The minimum absolute atomic E-state index is 0.00373. The fourth-order valence-corrected chi connectivity index (χ4v) is 9.31. The molecule has 3 saturated heterocycles. The van der Waals surface area contributed by atoms with Crippen molar-refractivity contribution in [2.45, 2.75) is 54.3 Å². The third-order valence-corrected chi connectivity index (χ3v) is 10.0. The summed E-state index contributed by atoms with van der Waals surface area (Å²) in [5.41, 5.74) is 0. The molecule has 0 aromatic heterocycles. The fraction of sp³-hybridized carbons (Fsp3) is 0.824. The van der Waals surface area contributed by atoms with Gasteiger partial charge in [0.2, 0.25) is 12.2 Å². The number of aliphatic hydroxyl groups excluding tert-OH is 1. The van der Waals surface area contributed by atoms with Gasteiger partial charge in [-0.2, -0.15) is 0 Å². The Hall–Kier alpha value is -0.820. The Bertz CT molecular complexity index is 665. The van der Waals surface area contributed by atoms with Crippen LogP contribution in [0.4, 0.5) is 4.79 Å². The number of carbonyl (C=O) groups excluding carboxylic acids is 3. The predicted octanol–water partition coefficient (Wildman–Crippen LogP) is 0.911. The first-order valence-electron chi connectivity index (χ1n) is 9.40. The molecule has 0 aromatic carbocycles. The van der Waals surface area contributed by atoms with Crippen molar-refractivity contribution >= 4 is 52.7 Å². The van der Waals surface area contributed by atoms with Crippen LogP contribution in [0.2, 0.25) is 0 Å². The lowest BCUT2D eigenvalue weighted by Crippen LogP contribution is -2.60. The molecule has 3 aliphatic heterocycles. The van der Waals surface area contributed by atoms with Crippen molar-refractivity contribution in [3.05, 3.63) is 0 Å². The number of ether oxygens (including phenoxy) is 3. The number of hydrogen-bond donors (Lipinski definition) is 1. The number of esters is 1. The minimum atomic E-state index is -1.16. The van der Waals surface area contributed by atoms with Crippen LogP contribution in [0.5, 0.6) is 0 Å². The lowest BCUT2D eigenvalue weighted by molar-refractivity contribution is -0.169. The van der Waals surface area contributed by atoms with Crippen LogP contribution in [0.15, 0.2) is 0 Å². The predicted molar refractivity (Wildman–Crippen MR) is 109 cm³/mol. The highest BCUT2D eigenvalue weighted by molar-refractivity contribution is 8.20. The zero-order chi connectivity index (χ0) is 21.3. The molecular weight excluding hydrogens is 442 g/mol. The van der Waals surface area contributed by atoms with E-state index in [9.17, 15) is 24.0 Å². The summed E-state index contributed by atoms with van der Waals surface area (Å²) in [5, 5.41) is 9.59. The van der Waals surface area contributed by atoms with Crippen LogP contribution in [0.25, 0.3) is 0 Å². The molecule has 0 saturated carbocycles. The number of aliphatic hydroxyl groups is 1. The molecule has 1 N–H and O–H groups in total. The van der Waals surface area contributed by atoms with Gasteiger partial charge in [0.1, 0.15) is 11.5 Å². The number of thioether (sulfide) groups is 2. The highest BCUT2D eigenvalue weighted by Crippen LogP contribution is 2.57. The van der Waals surface area contributed by atoms with Crippen molar-refractivity contribution in [2.75, 3.05) is 24.7 Å². The second-order valence-corrected chi connectivity index (χ2v) is 12.0. The van der Waals surface area contributed by atoms with Crippen molar-refractivity contribution in [1.29, 1.82) is 0 Å². The van der Waals surface area contributed by atoms with Gasteiger partial charge in [-0.3, -0.25) is 4.79 Å². The molecule has 0 radical (unpaired) electrons. The van der Waals surface area contributed by atoms with Crippen LogP contribution >= 0.6 is 23.5 Å². The van der Waals surface area contributed by atoms with Crippen LogP contribution < -0.4 is 0 Å². The number of carbonyl (C=O) groups is 3. The van der Waals surface area contributed by atoms with E-state index in [4.69, 9.17) is 9.47 Å². The number of β-lactam (4-membered cyclic amide) rings is 1. The van der Waals surface area contributed by atoms with E-state index in [2.05, 4.69) is 4.74 Å². The maximum Gasteiger partial charge on any atom is 0.511 e. The van der Waals surface area contributed by atoms with E-state index in [0.717, 1.165) is 0 Å². The van der Waals surface area contributed by atoms with Crippen molar-refractivity contribution in [3.8, 4) is 0 Å². The SMILES string of the molecule is CCOC(=O)OC(C)OC(=O)C1(S[C@H]2CC[S@@+]([O-])C2)CN2C(=O)[C@H]([C@@H](C)O)[C@H]2S1. The molecule has 0 bridgehead atoms. The van der Waals surface area contributed by atoms with E-state index in [1.165, 1.54) is 30.4 Å². The molecule has 29 heavy (non-hydrogen) atoms. The van der Waals surface area contributed by atoms with Crippen molar-refractivity contribution in [1.82, 2.24) is 4.90 Å². The standard InChI is InChI=1S/C17H25NO8S3/c1-4-24-16(22)26-10(3)25-15(21)17(27-11-5-6-29(23)7-11)8-18-13(20)12(9(2)19)14(18)28-17/h9-12,14,19H,4-8H2,1-3H3/t9-,10?,11+,12+,14-,17?,29-/m1/s1. The summed E-state index contributed by atoms with van der Waals surface area (Å²) in [7, 11) is 0. The first kappa shape index (κ1) is 22.9. The molecule has 1 amide bonds. The van der Waals surface area contributed by atoms with Gasteiger partial charge in [0.25, 0.3) is 0 Å². The summed E-state index contributed by atoms with van der Waals surface area (Å²) >= 11 is 1.72. The quantitative estimate of drug-likeness (QED) is 0.250. The van der Waals surface area contributed by atoms with Gasteiger partial charge in [-0.1, -0.05) is 11.2 Å². The molecule has 3 aliphatic rings. The van der Waals surface area contributed by atoms with Crippen molar-refractivity contribution < 1.29 is 38.3 Å². The van der Waals surface area contributed by atoms with E-state index < -0.39 is 45.7 Å². The summed E-state index contributed by atoms with van der Waals surface area (Å²) in [6, 6.07) is 0. The smallest absolute Gasteiger partial charge is 0.511 e. The topological polar surface area (TPSA) is 125 Å². The maximum atomic E-state index is 13.1. The molecule has 0 spiro atoms. The molecule has 164 valence electrons. The molecule has 0 aromatic rings. The molecule has 3 rings (SSSR count). The first-order valence-corrected chi connectivity index (χ1v) is 12.6. The molecule has 2 unspecified atom stereocenters. The van der Waals surface area contributed by atoms with Crippen LogP contribution in [-0.2, 0) is 35.0 Å². The summed E-state index contributed by atoms with van der Waals surface area (Å²) in [5.74, 6) is -0.320. The molecule has 12 heteroatoms. The highest BCUT2D eigenvalue weighted by atomic mass is 32.2. The number of amides is 1. The lowest BCUT2D eigenvalue weighted by Gasteiger charge is -2.42. The average Bonchev–Trinajstić information content (AvgIpc) is 3.17. The Balaban J connectivity index is 1.73. The average molecular weight is 468 g/mol. The fourth-order valence-electron chi connectivity index (χ4n) is 3.53. The van der Waals surface area contributed by atoms with E-state index in [-0.39, 0.29) is 29.7 Å². The second-order valence-electron chi connectivity index (χ2n) is 7.11. The number of fused-ring (bicyclic) bond motifs is 1. The van der Waals surface area contributed by atoms with Gasteiger partial charge in [-0.25, -0.2) is 9.59 Å². The normalized spacial score (nSPS) is 35.5. The minimum Gasteiger partial charge on any atom is -0.616 e. The Morgan fingerprint density at radius 2 is 2.17 bits per heavy atom. The summed E-state index contributed by atoms with van der Waals surface area (Å²) in [4.78, 5) is 38.5. The molecule has 3 fully saturated rings. The Morgan fingerprint density at radius 3 is 2.76 bits per heavy atom. The first-order chi connectivity index (χ1) is 13.7. The maximum absolute atomic E-state index is 13.1. The van der Waals surface area contributed by atoms with Crippen molar-refractivity contribution in [3.63, 3.8) is 0 Å². The van der Waals surface area contributed by atoms with E-state index >= 15 is 0 Å². The van der Waals surface area contributed by atoms with E-state index in [1.807, 2.05) is 0 Å². The number of nitrogens with zero attached hydrogens (tertiary/aromatic N) is 1. The van der Waals surface area contributed by atoms with Crippen LogP contribution in [0, 0.1) is 5.92 Å². The zero-order valence-electron chi connectivity index (χ0n) is 16.4. The summed E-state index contributed by atoms with van der Waals surface area (Å²) in [6.07, 6.45) is -2.21. The zero-order valence-corrected chi connectivity index (χ0v) is 18.8. The van der Waals surface area contributed by atoms with Gasteiger partial charge in [-0.05, 0) is 13.8 Å². The van der Waals surface area contributed by atoms with E-state index in [0.29, 0.717) is 17.9 Å². The Kier molecular flexibility index (Phi) is 7.19. The third-order valence-electron chi connectivity index (χ3n) is 4.90. The molecule has 9 nitrogen and oxygen atoms in total. The second kappa shape index (κ2) is 9.13. The number of rotatable bonds is 7. The summed E-state index contributed by atoms with van der Waals surface area (Å²) in [6.45, 7) is 4.86. The monoisotopic (exact) mass is 467 g/mol. The molecule has 3 heterocycles. The van der Waals surface area contributed by atoms with Gasteiger partial charge in [0.05, 0.1) is 35.8 Å². The van der Waals surface area contributed by atoms with Crippen LogP contribution in [0.1, 0.15) is 27.2 Å². The molecular formula is C17H25NO8S3. The van der Waals surface area contributed by atoms with Gasteiger partial charge in [0, 0.05) is 13.3 Å². The van der Waals surface area contributed by atoms with E-state index in [1.54, 1.807) is 18.7 Å². The van der Waals surface area contributed by atoms with Crippen LogP contribution in [0.3, 0.4) is 0 Å². The van der Waals surface area contributed by atoms with Crippen molar-refractivity contribution in [2.24, 2.45) is 5.92 Å². The van der Waals surface area contributed by atoms with Gasteiger partial charge in [-0.15, -0.1) is 23.5 Å². The number of hydrogen-bond acceptors (Lipinski definition) is 10. The lowest BCUT2D eigenvalue weighted by atomic mass is 9.93. The van der Waals surface area contributed by atoms with Gasteiger partial charge in [0.15, 0.2) is 4.08 Å². The largest absolute Gasteiger partial charge is 0.616 e. The van der Waals surface area contributed by atoms with Gasteiger partial charge < -0.3 is 28.8 Å². The molecule has 7 atom stereocenters. The Morgan fingerprint density at radius 1 is 1.45 bits per heavy atom. The Labute approximate surface area is 180 Å². The molecule has 0 aliphatic carbocycles. The highest BCUT2D eigenvalue weighted by Gasteiger charge is 2.64. The van der Waals surface area contributed by atoms with Crippen LogP contribution in [-0.4, -0.2) is 84.3 Å².